The van der Waals surface area contributed by atoms with Crippen LogP contribution in [0.2, 0.25) is 0 Å². The van der Waals surface area contributed by atoms with E-state index in [0.29, 0.717) is 5.69 Å². The average molecular weight is 334 g/mol. The molecule has 0 spiro atoms. The Labute approximate surface area is 106 Å². The number of rotatable bonds is 3. The molecule has 0 atom stereocenters. The van der Waals surface area contributed by atoms with E-state index in [1.807, 2.05) is 12.1 Å². The SMILES string of the molecule is O=C(NCCO)C(=O)Nc1ccccc1I. The first kappa shape index (κ1) is 12.9. The van der Waals surface area contributed by atoms with E-state index in [9.17, 15) is 9.59 Å². The fourth-order valence-electron chi connectivity index (χ4n) is 0.991. The summed E-state index contributed by atoms with van der Waals surface area (Å²) in [4.78, 5) is 22.5. The van der Waals surface area contributed by atoms with Crippen molar-refractivity contribution in [1.82, 2.24) is 5.32 Å². The van der Waals surface area contributed by atoms with E-state index in [0.717, 1.165) is 3.57 Å². The Balaban J connectivity index is 2.58. The third kappa shape index (κ3) is 3.78. The lowest BCUT2D eigenvalue weighted by atomic mass is 10.3. The molecular formula is C10H11IN2O3. The molecule has 0 saturated heterocycles. The van der Waals surface area contributed by atoms with Crippen LogP contribution in [-0.4, -0.2) is 30.1 Å². The summed E-state index contributed by atoms with van der Waals surface area (Å²) in [5.41, 5.74) is 0.590. The number of benzene rings is 1. The van der Waals surface area contributed by atoms with Gasteiger partial charge in [-0.25, -0.2) is 0 Å². The topological polar surface area (TPSA) is 78.4 Å². The zero-order valence-electron chi connectivity index (χ0n) is 8.37. The number of carbonyl (C=O) groups is 2. The number of halogens is 1. The van der Waals surface area contributed by atoms with Crippen molar-refractivity contribution in [1.29, 1.82) is 0 Å². The zero-order valence-corrected chi connectivity index (χ0v) is 10.5. The van der Waals surface area contributed by atoms with Gasteiger partial charge in [-0.05, 0) is 34.7 Å². The number of aliphatic hydroxyl groups is 1. The molecule has 0 aromatic heterocycles. The van der Waals surface area contributed by atoms with Gasteiger partial charge in [-0.2, -0.15) is 0 Å². The lowest BCUT2D eigenvalue weighted by Crippen LogP contribution is -2.36. The summed E-state index contributed by atoms with van der Waals surface area (Å²) in [6.45, 7) is -0.125. The van der Waals surface area contributed by atoms with Crippen LogP contribution in [0.1, 0.15) is 0 Å². The monoisotopic (exact) mass is 334 g/mol. The summed E-state index contributed by atoms with van der Waals surface area (Å²) in [6, 6.07) is 7.13. The van der Waals surface area contributed by atoms with Crippen LogP contribution in [0.25, 0.3) is 0 Å². The van der Waals surface area contributed by atoms with Crippen molar-refractivity contribution in [2.24, 2.45) is 0 Å². The molecule has 0 aliphatic rings. The van der Waals surface area contributed by atoms with Crippen LogP contribution in [-0.2, 0) is 9.59 Å². The molecule has 1 aromatic rings. The maximum atomic E-state index is 11.4. The molecule has 0 unspecified atom stereocenters. The van der Waals surface area contributed by atoms with Crippen LogP contribution >= 0.6 is 22.6 Å². The molecule has 0 aliphatic carbocycles. The Kier molecular flexibility index (Phi) is 5.20. The molecule has 0 bridgehead atoms. The molecule has 3 N–H and O–H groups in total. The zero-order chi connectivity index (χ0) is 12.0. The molecule has 0 heterocycles. The number of para-hydroxylation sites is 1. The maximum absolute atomic E-state index is 11.4. The fourth-order valence-corrected chi connectivity index (χ4v) is 1.51. The van der Waals surface area contributed by atoms with Crippen molar-refractivity contribution in [3.05, 3.63) is 27.8 Å². The second-order valence-electron chi connectivity index (χ2n) is 2.91. The molecule has 5 nitrogen and oxygen atoms in total. The molecule has 6 heteroatoms. The third-order valence-electron chi connectivity index (χ3n) is 1.73. The highest BCUT2D eigenvalue weighted by molar-refractivity contribution is 14.1. The van der Waals surface area contributed by atoms with E-state index < -0.39 is 11.8 Å². The Hall–Kier alpha value is -1.15. The van der Waals surface area contributed by atoms with E-state index in [-0.39, 0.29) is 13.2 Å². The van der Waals surface area contributed by atoms with Gasteiger partial charge >= 0.3 is 11.8 Å². The second-order valence-corrected chi connectivity index (χ2v) is 4.08. The number of nitrogens with one attached hydrogen (secondary N) is 2. The van der Waals surface area contributed by atoms with Crippen LogP contribution in [0.5, 0.6) is 0 Å². The van der Waals surface area contributed by atoms with Crippen LogP contribution in [0.4, 0.5) is 5.69 Å². The number of hydrogen-bond acceptors (Lipinski definition) is 3. The summed E-state index contributed by atoms with van der Waals surface area (Å²) in [5.74, 6) is -1.49. The molecule has 1 rings (SSSR count). The Bertz CT molecular complexity index is 395. The lowest BCUT2D eigenvalue weighted by Gasteiger charge is -2.06. The van der Waals surface area contributed by atoms with Crippen molar-refractivity contribution >= 4 is 40.1 Å². The van der Waals surface area contributed by atoms with Gasteiger partial charge in [-0.1, -0.05) is 12.1 Å². The highest BCUT2D eigenvalue weighted by Gasteiger charge is 2.13. The molecule has 2 amide bonds. The second kappa shape index (κ2) is 6.44. The highest BCUT2D eigenvalue weighted by atomic mass is 127. The van der Waals surface area contributed by atoms with Crippen LogP contribution in [0.3, 0.4) is 0 Å². The molecule has 16 heavy (non-hydrogen) atoms. The molecule has 86 valence electrons. The first-order chi connectivity index (χ1) is 7.65. The number of aliphatic hydroxyl groups excluding tert-OH is 1. The summed E-state index contributed by atoms with van der Waals surface area (Å²) in [6.07, 6.45) is 0. The normalized spacial score (nSPS) is 9.62. The summed E-state index contributed by atoms with van der Waals surface area (Å²) in [7, 11) is 0. The van der Waals surface area contributed by atoms with Crippen LogP contribution < -0.4 is 10.6 Å². The fraction of sp³-hybridized carbons (Fsp3) is 0.200. The number of hydrogen-bond donors (Lipinski definition) is 3. The third-order valence-corrected chi connectivity index (χ3v) is 2.67. The van der Waals surface area contributed by atoms with Gasteiger partial charge in [0, 0.05) is 10.1 Å². The van der Waals surface area contributed by atoms with Gasteiger partial charge in [-0.3, -0.25) is 9.59 Å². The summed E-state index contributed by atoms with van der Waals surface area (Å²) < 4.78 is 0.850. The van der Waals surface area contributed by atoms with Crippen molar-refractivity contribution in [3.63, 3.8) is 0 Å². The van der Waals surface area contributed by atoms with Gasteiger partial charge in [0.25, 0.3) is 0 Å². The largest absolute Gasteiger partial charge is 0.395 e. The average Bonchev–Trinajstić information content (AvgIpc) is 2.28. The molecule has 1 aromatic carbocycles. The Morgan fingerprint density at radius 3 is 2.56 bits per heavy atom. The number of amides is 2. The van der Waals surface area contributed by atoms with Crippen molar-refractivity contribution < 1.29 is 14.7 Å². The Morgan fingerprint density at radius 2 is 1.94 bits per heavy atom. The Morgan fingerprint density at radius 1 is 1.25 bits per heavy atom. The van der Waals surface area contributed by atoms with Crippen LogP contribution in [0.15, 0.2) is 24.3 Å². The first-order valence-electron chi connectivity index (χ1n) is 4.59. The molecule has 0 aliphatic heterocycles. The minimum atomic E-state index is -0.756. The number of carbonyl (C=O) groups excluding carboxylic acids is 2. The van der Waals surface area contributed by atoms with Gasteiger partial charge in [0.05, 0.1) is 12.3 Å². The van der Waals surface area contributed by atoms with E-state index >= 15 is 0 Å². The molecular weight excluding hydrogens is 323 g/mol. The standard InChI is InChI=1S/C10H11IN2O3/c11-7-3-1-2-4-8(7)13-10(16)9(15)12-5-6-14/h1-4,14H,5-6H2,(H,12,15)(H,13,16). The lowest BCUT2D eigenvalue weighted by molar-refractivity contribution is -0.136. The highest BCUT2D eigenvalue weighted by Crippen LogP contribution is 2.16. The van der Waals surface area contributed by atoms with Crippen LogP contribution in [0, 0.1) is 3.57 Å². The predicted octanol–water partition coefficient (Wildman–Crippen LogP) is 0.338. The smallest absolute Gasteiger partial charge is 0.313 e. The van der Waals surface area contributed by atoms with Crippen molar-refractivity contribution in [3.8, 4) is 0 Å². The first-order valence-corrected chi connectivity index (χ1v) is 5.67. The van der Waals surface area contributed by atoms with E-state index in [2.05, 4.69) is 33.2 Å². The quantitative estimate of drug-likeness (QED) is 0.551. The van der Waals surface area contributed by atoms with Crippen molar-refractivity contribution in [2.75, 3.05) is 18.5 Å². The van der Waals surface area contributed by atoms with E-state index in [1.54, 1.807) is 12.1 Å². The van der Waals surface area contributed by atoms with Crippen molar-refractivity contribution in [2.45, 2.75) is 0 Å². The minimum absolute atomic E-state index is 0.0676. The molecule has 0 radical (unpaired) electrons. The summed E-state index contributed by atoms with van der Waals surface area (Å²) >= 11 is 2.06. The molecule has 0 saturated carbocycles. The van der Waals surface area contributed by atoms with Gasteiger partial charge in [-0.15, -0.1) is 0 Å². The number of anilines is 1. The van der Waals surface area contributed by atoms with Gasteiger partial charge in [0.1, 0.15) is 0 Å². The molecule has 0 fully saturated rings. The van der Waals surface area contributed by atoms with Gasteiger partial charge < -0.3 is 15.7 Å². The summed E-state index contributed by atoms with van der Waals surface area (Å²) in [5, 5.41) is 13.2. The van der Waals surface area contributed by atoms with E-state index in [4.69, 9.17) is 5.11 Å². The van der Waals surface area contributed by atoms with Gasteiger partial charge in [0.2, 0.25) is 0 Å². The maximum Gasteiger partial charge on any atom is 0.313 e. The van der Waals surface area contributed by atoms with Gasteiger partial charge in [0.15, 0.2) is 0 Å². The minimum Gasteiger partial charge on any atom is -0.395 e. The predicted molar refractivity (Wildman–Crippen MR) is 67.9 cm³/mol. The van der Waals surface area contributed by atoms with E-state index in [1.165, 1.54) is 0 Å².